The van der Waals surface area contributed by atoms with Crippen LogP contribution in [0.2, 0.25) is 0 Å². The minimum absolute atomic E-state index is 0.0137. The quantitative estimate of drug-likeness (QED) is 0.822. The van der Waals surface area contributed by atoms with Crippen molar-refractivity contribution in [3.05, 3.63) is 46.5 Å². The molecule has 0 aliphatic carbocycles. The number of carbonyl (C=O) groups is 2. The number of thioether (sulfide) groups is 1. The van der Waals surface area contributed by atoms with E-state index < -0.39 is 22.5 Å². The predicted octanol–water partition coefficient (Wildman–Crippen LogP) is 3.50. The Balaban J connectivity index is 2.00. The van der Waals surface area contributed by atoms with E-state index in [1.807, 2.05) is 41.3 Å². The Morgan fingerprint density at radius 1 is 1.21 bits per heavy atom. The number of allylic oxidation sites excluding steroid dienone is 1. The van der Waals surface area contributed by atoms with E-state index in [2.05, 4.69) is 11.4 Å². The van der Waals surface area contributed by atoms with Crippen molar-refractivity contribution in [1.29, 1.82) is 10.5 Å². The lowest BCUT2D eigenvalue weighted by Gasteiger charge is -2.36. The van der Waals surface area contributed by atoms with Crippen LogP contribution >= 0.6 is 11.8 Å². The molecule has 0 bridgehead atoms. The molecule has 0 saturated carbocycles. The van der Waals surface area contributed by atoms with Crippen LogP contribution in [0.5, 0.6) is 0 Å². The van der Waals surface area contributed by atoms with E-state index >= 15 is 0 Å². The summed E-state index contributed by atoms with van der Waals surface area (Å²) in [6.45, 7) is 4.90. The van der Waals surface area contributed by atoms with Gasteiger partial charge in [-0.25, -0.2) is 0 Å². The highest BCUT2D eigenvalue weighted by molar-refractivity contribution is 8.03. The molecule has 6 nitrogen and oxygen atoms in total. The van der Waals surface area contributed by atoms with Crippen molar-refractivity contribution in [2.24, 2.45) is 11.3 Å². The largest absolute Gasteiger partial charge is 0.341 e. The number of hydrogen-bond acceptors (Lipinski definition) is 5. The summed E-state index contributed by atoms with van der Waals surface area (Å²) in [5, 5.41) is 21.7. The molecule has 29 heavy (non-hydrogen) atoms. The van der Waals surface area contributed by atoms with Crippen LogP contribution in [0.25, 0.3) is 0 Å². The van der Waals surface area contributed by atoms with Gasteiger partial charge in [0.15, 0.2) is 0 Å². The third-order valence-corrected chi connectivity index (χ3v) is 6.81. The lowest BCUT2D eigenvalue weighted by atomic mass is 9.72. The van der Waals surface area contributed by atoms with Crippen molar-refractivity contribution in [3.8, 4) is 12.1 Å². The van der Waals surface area contributed by atoms with Crippen LogP contribution in [0.3, 0.4) is 0 Å². The van der Waals surface area contributed by atoms with Crippen LogP contribution in [0, 0.1) is 34.0 Å². The Kier molecular flexibility index (Phi) is 6.30. The molecule has 150 valence electrons. The molecule has 2 atom stereocenters. The summed E-state index contributed by atoms with van der Waals surface area (Å²) in [5.74, 6) is -1.40. The maximum absolute atomic E-state index is 13.4. The predicted molar refractivity (Wildman–Crippen MR) is 111 cm³/mol. The van der Waals surface area contributed by atoms with E-state index in [9.17, 15) is 20.1 Å². The molecule has 0 aromatic heterocycles. The van der Waals surface area contributed by atoms with E-state index in [1.165, 1.54) is 11.8 Å². The summed E-state index contributed by atoms with van der Waals surface area (Å²) in [7, 11) is 0. The zero-order chi connectivity index (χ0) is 21.0. The number of hydrogen-bond donors (Lipinski definition) is 1. The Morgan fingerprint density at radius 3 is 2.45 bits per heavy atom. The molecule has 3 rings (SSSR count). The number of carbonyl (C=O) groups excluding carboxylic acids is 2. The molecule has 1 fully saturated rings. The number of nitrogens with zero attached hydrogens (tertiary/aromatic N) is 3. The van der Waals surface area contributed by atoms with Gasteiger partial charge < -0.3 is 10.2 Å². The van der Waals surface area contributed by atoms with Gasteiger partial charge >= 0.3 is 0 Å². The first kappa shape index (κ1) is 21.0. The van der Waals surface area contributed by atoms with E-state index in [1.54, 1.807) is 13.8 Å². The molecule has 2 amide bonds. The summed E-state index contributed by atoms with van der Waals surface area (Å²) >= 11 is 1.20. The van der Waals surface area contributed by atoms with Crippen molar-refractivity contribution in [2.45, 2.75) is 38.4 Å². The van der Waals surface area contributed by atoms with Crippen molar-refractivity contribution >= 4 is 23.6 Å². The van der Waals surface area contributed by atoms with Crippen molar-refractivity contribution in [3.63, 3.8) is 0 Å². The minimum Gasteiger partial charge on any atom is -0.341 e. The Labute approximate surface area is 175 Å². The number of nitrogens with one attached hydrogen (secondary N) is 1. The van der Waals surface area contributed by atoms with Gasteiger partial charge in [0.1, 0.15) is 11.2 Å². The fourth-order valence-electron chi connectivity index (χ4n) is 3.80. The van der Waals surface area contributed by atoms with Crippen molar-refractivity contribution < 1.29 is 9.59 Å². The molecular weight excluding hydrogens is 384 g/mol. The molecular formula is C22H24N4O2S. The number of likely N-dealkylation sites (tertiary alicyclic amines) is 1. The first-order valence-electron chi connectivity index (χ1n) is 9.76. The van der Waals surface area contributed by atoms with Gasteiger partial charge in [-0.1, -0.05) is 55.9 Å². The van der Waals surface area contributed by atoms with Gasteiger partial charge in [0.05, 0.1) is 22.7 Å². The summed E-state index contributed by atoms with van der Waals surface area (Å²) < 4.78 is 0. The van der Waals surface area contributed by atoms with Gasteiger partial charge in [-0.05, 0) is 24.8 Å². The molecule has 1 N–H and O–H groups in total. The Morgan fingerprint density at radius 2 is 1.86 bits per heavy atom. The lowest BCUT2D eigenvalue weighted by molar-refractivity contribution is -0.131. The smallest absolute Gasteiger partial charge is 0.243 e. The second-order valence-electron chi connectivity index (χ2n) is 7.88. The van der Waals surface area contributed by atoms with E-state index in [4.69, 9.17) is 0 Å². The van der Waals surface area contributed by atoms with Gasteiger partial charge in [-0.2, -0.15) is 10.5 Å². The molecule has 1 saturated heterocycles. The summed E-state index contributed by atoms with van der Waals surface area (Å²) in [5.41, 5.74) is 0.234. The fourth-order valence-corrected chi connectivity index (χ4v) is 5.17. The standard InChI is InChI=1S/C22H24N4O2S/c1-22(2)16(13-23)19(27)25-20(17(22)14-24)29-18(15-9-5-3-6-10-15)21(28)26-11-7-4-8-12-26/h3,5-6,9-10,16,18H,4,7-8,11-12H2,1-2H3,(H,25,27)/t16-,18+/m1/s1. The van der Waals surface area contributed by atoms with Gasteiger partial charge in [-0.15, -0.1) is 0 Å². The zero-order valence-corrected chi connectivity index (χ0v) is 17.5. The van der Waals surface area contributed by atoms with Crippen LogP contribution in [-0.2, 0) is 9.59 Å². The monoisotopic (exact) mass is 408 g/mol. The topological polar surface area (TPSA) is 97.0 Å². The second kappa shape index (κ2) is 8.71. The zero-order valence-electron chi connectivity index (χ0n) is 16.6. The fraction of sp³-hybridized carbons (Fsp3) is 0.455. The lowest BCUT2D eigenvalue weighted by Crippen LogP contribution is -2.45. The maximum atomic E-state index is 13.4. The van der Waals surface area contributed by atoms with Gasteiger partial charge in [0.25, 0.3) is 0 Å². The van der Waals surface area contributed by atoms with Crippen LogP contribution in [-0.4, -0.2) is 29.8 Å². The Bertz CT molecular complexity index is 905. The average Bonchev–Trinajstić information content (AvgIpc) is 2.72. The molecule has 2 aliphatic heterocycles. The highest BCUT2D eigenvalue weighted by atomic mass is 32.2. The molecule has 1 aromatic rings. The summed E-state index contributed by atoms with van der Waals surface area (Å²) in [4.78, 5) is 27.8. The van der Waals surface area contributed by atoms with Gasteiger partial charge in [-0.3, -0.25) is 9.59 Å². The second-order valence-corrected chi connectivity index (χ2v) is 9.00. The van der Waals surface area contributed by atoms with Gasteiger partial charge in [0.2, 0.25) is 11.8 Å². The molecule has 0 unspecified atom stereocenters. The number of piperidine rings is 1. The highest BCUT2D eigenvalue weighted by Gasteiger charge is 2.45. The average molecular weight is 409 g/mol. The number of benzene rings is 1. The minimum atomic E-state index is -0.950. The molecule has 2 heterocycles. The molecule has 0 radical (unpaired) electrons. The summed E-state index contributed by atoms with van der Waals surface area (Å²) in [6.07, 6.45) is 3.09. The van der Waals surface area contributed by atoms with E-state index in [0.717, 1.165) is 37.9 Å². The first-order valence-corrected chi connectivity index (χ1v) is 10.6. The molecule has 0 spiro atoms. The summed E-state index contributed by atoms with van der Waals surface area (Å²) in [6, 6.07) is 13.6. The number of amides is 2. The maximum Gasteiger partial charge on any atom is 0.243 e. The SMILES string of the molecule is CC1(C)C(C#N)=C(S[C@H](C(=O)N2CCCCC2)c2ccccc2)NC(=O)[C@H]1C#N. The third-order valence-electron chi connectivity index (χ3n) is 5.56. The van der Waals surface area contributed by atoms with Crippen LogP contribution in [0.4, 0.5) is 0 Å². The van der Waals surface area contributed by atoms with E-state index in [0.29, 0.717) is 10.6 Å². The molecule has 1 aromatic carbocycles. The number of nitriles is 2. The normalized spacial score (nSPS) is 22.3. The third kappa shape index (κ3) is 4.16. The molecule has 2 aliphatic rings. The Hall–Kier alpha value is -2.77. The van der Waals surface area contributed by atoms with Crippen molar-refractivity contribution in [2.75, 3.05) is 13.1 Å². The van der Waals surface area contributed by atoms with Gasteiger partial charge in [0, 0.05) is 18.5 Å². The van der Waals surface area contributed by atoms with E-state index in [-0.39, 0.29) is 5.91 Å². The highest BCUT2D eigenvalue weighted by Crippen LogP contribution is 2.45. The van der Waals surface area contributed by atoms with Crippen LogP contribution < -0.4 is 5.32 Å². The van der Waals surface area contributed by atoms with Crippen LogP contribution in [0.15, 0.2) is 40.9 Å². The molecule has 7 heteroatoms. The number of rotatable bonds is 4. The first-order chi connectivity index (χ1) is 13.9. The van der Waals surface area contributed by atoms with Crippen molar-refractivity contribution in [1.82, 2.24) is 10.2 Å². The van der Waals surface area contributed by atoms with Crippen LogP contribution in [0.1, 0.15) is 43.9 Å².